The van der Waals surface area contributed by atoms with E-state index >= 15 is 0 Å². The maximum Gasteiger partial charge on any atom is 0.261 e. The van der Waals surface area contributed by atoms with E-state index in [1.54, 1.807) is 0 Å². The van der Waals surface area contributed by atoms with Gasteiger partial charge in [0, 0.05) is 13.2 Å². The van der Waals surface area contributed by atoms with Gasteiger partial charge in [0.2, 0.25) is 0 Å². The van der Waals surface area contributed by atoms with Crippen molar-refractivity contribution in [2.75, 3.05) is 13.2 Å². The molecule has 0 aromatic heterocycles. The highest BCUT2D eigenvalue weighted by Crippen LogP contribution is 2.36. The van der Waals surface area contributed by atoms with Crippen LogP contribution >= 0.6 is 0 Å². The second-order valence-corrected chi connectivity index (χ2v) is 17.4. The van der Waals surface area contributed by atoms with E-state index < -0.39 is 8.32 Å². The minimum Gasteiger partial charge on any atom is -0.407 e. The number of rotatable bonds is 23. The zero-order chi connectivity index (χ0) is 28.9. The van der Waals surface area contributed by atoms with Crippen LogP contribution in [0.3, 0.4) is 0 Å². The predicted molar refractivity (Wildman–Crippen MR) is 178 cm³/mol. The molecule has 0 saturated heterocycles. The third-order valence-electron chi connectivity index (χ3n) is 8.75. The third-order valence-corrected chi connectivity index (χ3v) is 13.8. The van der Waals surface area contributed by atoms with Crippen LogP contribution in [-0.4, -0.2) is 26.6 Å². The number of aliphatic hydroxyl groups is 1. The predicted octanol–water partition coefficient (Wildman–Crippen LogP) is 9.82. The molecule has 0 saturated carbocycles. The molecule has 40 heavy (non-hydrogen) atoms. The Balaban J connectivity index is 1.67. The van der Waals surface area contributed by atoms with Crippen LogP contribution in [0.4, 0.5) is 0 Å². The van der Waals surface area contributed by atoms with E-state index in [1.807, 2.05) is 0 Å². The monoisotopic (exact) mass is 566 g/mol. The Morgan fingerprint density at radius 1 is 0.600 bits per heavy atom. The second-order valence-electron chi connectivity index (χ2n) is 13.1. The summed E-state index contributed by atoms with van der Waals surface area (Å²) in [6.45, 7) is 10.6. The summed E-state index contributed by atoms with van der Waals surface area (Å²) < 4.78 is 7.04. The molecule has 0 amide bonds. The molecule has 0 aliphatic rings. The lowest BCUT2D eigenvalue weighted by Crippen LogP contribution is -2.66. The van der Waals surface area contributed by atoms with Gasteiger partial charge in [0.15, 0.2) is 0 Å². The Bertz CT molecular complexity index is 806. The van der Waals surface area contributed by atoms with Crippen molar-refractivity contribution in [3.05, 3.63) is 60.7 Å². The van der Waals surface area contributed by atoms with E-state index in [2.05, 4.69) is 88.4 Å². The largest absolute Gasteiger partial charge is 0.407 e. The van der Waals surface area contributed by atoms with Crippen LogP contribution in [0.15, 0.2) is 60.7 Å². The molecule has 1 unspecified atom stereocenters. The standard InChI is InChI=1S/C37H62O2Si/c1-5-6-7-8-10-13-18-25-34(31-32-38)26-19-14-11-9-12-15-24-33-39-40(37(2,3)4,35-27-20-16-21-28-35)36-29-22-17-23-30-36/h16-17,20-23,27-30,34,38H,5-15,18-19,24-26,31-33H2,1-4H3. The highest BCUT2D eigenvalue weighted by atomic mass is 28.4. The maximum atomic E-state index is 9.50. The average Bonchev–Trinajstić information content (AvgIpc) is 2.95. The Hall–Kier alpha value is -1.42. The molecular formula is C37H62O2Si. The number of hydrogen-bond acceptors (Lipinski definition) is 2. The van der Waals surface area contributed by atoms with Crippen molar-refractivity contribution >= 4 is 18.7 Å². The van der Waals surface area contributed by atoms with Gasteiger partial charge in [0.05, 0.1) is 0 Å². The fourth-order valence-electron chi connectivity index (χ4n) is 6.41. The highest BCUT2D eigenvalue weighted by Gasteiger charge is 2.49. The first-order valence-corrected chi connectivity index (χ1v) is 18.7. The molecule has 1 atom stereocenters. The summed E-state index contributed by atoms with van der Waals surface area (Å²) in [5, 5.41) is 12.3. The summed E-state index contributed by atoms with van der Waals surface area (Å²) in [6, 6.07) is 22.0. The molecule has 0 bridgehead atoms. The van der Waals surface area contributed by atoms with Crippen molar-refractivity contribution < 1.29 is 9.53 Å². The van der Waals surface area contributed by atoms with E-state index in [0.29, 0.717) is 6.61 Å². The molecule has 3 heteroatoms. The van der Waals surface area contributed by atoms with Gasteiger partial charge in [0.25, 0.3) is 8.32 Å². The van der Waals surface area contributed by atoms with Gasteiger partial charge in [-0.3, -0.25) is 0 Å². The van der Waals surface area contributed by atoms with Gasteiger partial charge in [-0.25, -0.2) is 0 Å². The molecule has 0 heterocycles. The smallest absolute Gasteiger partial charge is 0.261 e. The van der Waals surface area contributed by atoms with Crippen LogP contribution < -0.4 is 10.4 Å². The fourth-order valence-corrected chi connectivity index (χ4v) is 11.0. The molecule has 0 aliphatic carbocycles. The summed E-state index contributed by atoms with van der Waals surface area (Å²) in [5.74, 6) is 0.735. The lowest BCUT2D eigenvalue weighted by atomic mass is 9.92. The maximum absolute atomic E-state index is 9.50. The lowest BCUT2D eigenvalue weighted by molar-refractivity contribution is 0.241. The SMILES string of the molecule is CCCCCCCCCC(CCO)CCCCCCCCCO[Si](c1ccccc1)(c1ccccc1)C(C)(C)C. The molecule has 2 rings (SSSR count). The molecule has 2 aromatic rings. The van der Waals surface area contributed by atoms with Crippen LogP contribution in [0.1, 0.15) is 137 Å². The van der Waals surface area contributed by atoms with Crippen molar-refractivity contribution in [2.24, 2.45) is 5.92 Å². The number of benzene rings is 2. The molecule has 0 aliphatic heterocycles. The molecule has 1 N–H and O–H groups in total. The number of hydrogen-bond donors (Lipinski definition) is 1. The van der Waals surface area contributed by atoms with Crippen LogP contribution in [0.5, 0.6) is 0 Å². The van der Waals surface area contributed by atoms with Gasteiger partial charge >= 0.3 is 0 Å². The molecule has 0 spiro atoms. The summed E-state index contributed by atoms with van der Waals surface area (Å²) in [5.41, 5.74) is 0. The van der Waals surface area contributed by atoms with Crippen LogP contribution in [0.2, 0.25) is 5.04 Å². The van der Waals surface area contributed by atoms with Gasteiger partial charge in [-0.2, -0.15) is 0 Å². The van der Waals surface area contributed by atoms with Crippen molar-refractivity contribution in [1.82, 2.24) is 0 Å². The van der Waals surface area contributed by atoms with Crippen molar-refractivity contribution in [1.29, 1.82) is 0 Å². The average molecular weight is 567 g/mol. The summed E-state index contributed by atoms with van der Waals surface area (Å²) in [6.07, 6.45) is 22.4. The van der Waals surface area contributed by atoms with Crippen LogP contribution in [-0.2, 0) is 4.43 Å². The highest BCUT2D eigenvalue weighted by molar-refractivity contribution is 6.99. The van der Waals surface area contributed by atoms with Gasteiger partial charge in [0.1, 0.15) is 0 Å². The molecule has 226 valence electrons. The van der Waals surface area contributed by atoms with Crippen molar-refractivity contribution in [2.45, 2.75) is 142 Å². The summed E-state index contributed by atoms with van der Waals surface area (Å²) >= 11 is 0. The van der Waals surface area contributed by atoms with Crippen molar-refractivity contribution in [3.63, 3.8) is 0 Å². The zero-order valence-electron chi connectivity index (χ0n) is 26.6. The number of unbranched alkanes of at least 4 members (excludes halogenated alkanes) is 12. The first-order chi connectivity index (χ1) is 19.5. The van der Waals surface area contributed by atoms with Gasteiger partial charge in [-0.1, -0.05) is 185 Å². The molecule has 0 radical (unpaired) electrons. The summed E-state index contributed by atoms with van der Waals surface area (Å²) in [4.78, 5) is 0. The van der Waals surface area contributed by atoms with E-state index in [1.165, 1.54) is 107 Å². The lowest BCUT2D eigenvalue weighted by Gasteiger charge is -2.43. The number of aliphatic hydroxyl groups excluding tert-OH is 1. The Morgan fingerprint density at radius 2 is 1.02 bits per heavy atom. The van der Waals surface area contributed by atoms with E-state index in [4.69, 9.17) is 4.43 Å². The molecule has 0 fully saturated rings. The molecule has 2 nitrogen and oxygen atoms in total. The Morgan fingerprint density at radius 3 is 1.45 bits per heavy atom. The molecule has 2 aromatic carbocycles. The topological polar surface area (TPSA) is 29.5 Å². The quantitative estimate of drug-likeness (QED) is 0.107. The first-order valence-electron chi connectivity index (χ1n) is 16.8. The van der Waals surface area contributed by atoms with Gasteiger partial charge in [-0.15, -0.1) is 0 Å². The van der Waals surface area contributed by atoms with Crippen LogP contribution in [0.25, 0.3) is 0 Å². The van der Waals surface area contributed by atoms with Gasteiger partial charge in [-0.05, 0) is 34.2 Å². The summed E-state index contributed by atoms with van der Waals surface area (Å²) in [7, 11) is -2.39. The minimum atomic E-state index is -2.39. The zero-order valence-corrected chi connectivity index (χ0v) is 27.6. The first kappa shape index (κ1) is 34.8. The van der Waals surface area contributed by atoms with E-state index in [-0.39, 0.29) is 5.04 Å². The second kappa shape index (κ2) is 20.5. The Kier molecular flexibility index (Phi) is 17.8. The van der Waals surface area contributed by atoms with Crippen molar-refractivity contribution in [3.8, 4) is 0 Å². The fraction of sp³-hybridized carbons (Fsp3) is 0.676. The third kappa shape index (κ3) is 12.2. The molecular weight excluding hydrogens is 504 g/mol. The minimum absolute atomic E-state index is 0.0538. The Labute approximate surface area is 249 Å². The van der Waals surface area contributed by atoms with Gasteiger partial charge < -0.3 is 9.53 Å². The van der Waals surface area contributed by atoms with E-state index in [9.17, 15) is 5.11 Å². The van der Waals surface area contributed by atoms with E-state index in [0.717, 1.165) is 25.4 Å². The van der Waals surface area contributed by atoms with Crippen LogP contribution in [0, 0.1) is 5.92 Å². The normalized spacial score (nSPS) is 13.0.